The van der Waals surface area contributed by atoms with Gasteiger partial charge in [-0.25, -0.2) is 0 Å². The molecule has 2 heterocycles. The van der Waals surface area contributed by atoms with Crippen molar-refractivity contribution in [2.24, 2.45) is 0 Å². The van der Waals surface area contributed by atoms with Gasteiger partial charge in [-0.2, -0.15) is 4.37 Å². The molecule has 0 aliphatic rings. The molecule has 37 heavy (non-hydrogen) atoms. The highest BCUT2D eigenvalue weighted by molar-refractivity contribution is 7.11. The van der Waals surface area contributed by atoms with Gasteiger partial charge in [0.15, 0.2) is 0 Å². The second kappa shape index (κ2) is 10.2. The van der Waals surface area contributed by atoms with E-state index in [9.17, 15) is 25.1 Å². The van der Waals surface area contributed by atoms with E-state index in [4.69, 9.17) is 5.41 Å². The molecular formula is C24H25N7O5S. The molecule has 5 N–H and O–H groups in total. The van der Waals surface area contributed by atoms with Gasteiger partial charge in [0.2, 0.25) is 5.88 Å². The summed E-state index contributed by atoms with van der Waals surface area (Å²) in [7, 11) is 3.76. The first-order valence-corrected chi connectivity index (χ1v) is 11.9. The van der Waals surface area contributed by atoms with Crippen LogP contribution >= 0.6 is 11.5 Å². The topological polar surface area (TPSA) is 170 Å². The molecule has 192 valence electrons. The van der Waals surface area contributed by atoms with Gasteiger partial charge in [-0.1, -0.05) is 6.07 Å². The molecule has 2 aromatic carbocycles. The van der Waals surface area contributed by atoms with Gasteiger partial charge in [-0.05, 0) is 48.8 Å². The third-order valence-corrected chi connectivity index (χ3v) is 6.44. The Labute approximate surface area is 215 Å². The second-order valence-electron chi connectivity index (χ2n) is 8.56. The molecule has 0 radical (unpaired) electrons. The van der Waals surface area contributed by atoms with E-state index in [-0.39, 0.29) is 34.3 Å². The van der Waals surface area contributed by atoms with Gasteiger partial charge in [0, 0.05) is 49.2 Å². The monoisotopic (exact) mass is 523 g/mol. The van der Waals surface area contributed by atoms with E-state index in [2.05, 4.69) is 15.0 Å². The number of nitrogens with one attached hydrogen (secondary N) is 3. The van der Waals surface area contributed by atoms with Crippen LogP contribution in [0.15, 0.2) is 48.7 Å². The Kier molecular flexibility index (Phi) is 7.09. The number of fused-ring (bicyclic) bond motifs is 1. The van der Waals surface area contributed by atoms with Gasteiger partial charge < -0.3 is 25.7 Å². The van der Waals surface area contributed by atoms with Crippen molar-refractivity contribution in [3.8, 4) is 5.88 Å². The van der Waals surface area contributed by atoms with E-state index < -0.39 is 28.4 Å². The predicted molar refractivity (Wildman–Crippen MR) is 143 cm³/mol. The van der Waals surface area contributed by atoms with Crippen molar-refractivity contribution in [1.82, 2.24) is 14.3 Å². The smallest absolute Gasteiger partial charge is 0.284 e. The first kappa shape index (κ1) is 25.6. The lowest BCUT2D eigenvalue weighted by Crippen LogP contribution is -2.35. The number of amidine groups is 1. The Hall–Kier alpha value is -4.49. The highest BCUT2D eigenvalue weighted by atomic mass is 32.1. The maximum atomic E-state index is 13.4. The Morgan fingerprint density at radius 2 is 2.03 bits per heavy atom. The van der Waals surface area contributed by atoms with Gasteiger partial charge in [0.1, 0.15) is 22.0 Å². The fourth-order valence-corrected chi connectivity index (χ4v) is 4.45. The third-order valence-electron chi connectivity index (χ3n) is 5.68. The second-order valence-corrected chi connectivity index (χ2v) is 9.33. The molecule has 0 spiro atoms. The molecule has 1 atom stereocenters. The zero-order valence-corrected chi connectivity index (χ0v) is 21.0. The van der Waals surface area contributed by atoms with Crippen LogP contribution in [0, 0.1) is 15.5 Å². The van der Waals surface area contributed by atoms with E-state index in [1.807, 2.05) is 37.2 Å². The number of benzene rings is 2. The molecule has 0 fully saturated rings. The summed E-state index contributed by atoms with van der Waals surface area (Å²) in [4.78, 5) is 26.6. The van der Waals surface area contributed by atoms with Gasteiger partial charge in [0.05, 0.1) is 17.0 Å². The van der Waals surface area contributed by atoms with Crippen LogP contribution in [0.1, 0.15) is 22.8 Å². The summed E-state index contributed by atoms with van der Waals surface area (Å²) in [6.07, 6.45) is 1.58. The van der Waals surface area contributed by atoms with Gasteiger partial charge in [-0.15, -0.1) is 0 Å². The van der Waals surface area contributed by atoms with E-state index >= 15 is 0 Å². The Morgan fingerprint density at radius 1 is 1.27 bits per heavy atom. The van der Waals surface area contributed by atoms with E-state index in [1.54, 1.807) is 19.2 Å². The van der Waals surface area contributed by atoms with Crippen LogP contribution < -0.4 is 15.5 Å². The summed E-state index contributed by atoms with van der Waals surface area (Å²) in [6.45, 7) is 1.44. The lowest BCUT2D eigenvalue weighted by Gasteiger charge is -2.14. The van der Waals surface area contributed by atoms with Crippen LogP contribution in [-0.4, -0.2) is 62.6 Å². The number of hydrogen-bond acceptors (Lipinski definition) is 10. The van der Waals surface area contributed by atoms with Crippen LogP contribution in [0.25, 0.3) is 10.9 Å². The summed E-state index contributed by atoms with van der Waals surface area (Å²) >= 11 is 0.862. The molecule has 0 bridgehead atoms. The standard InChI is InChI=1S/C24H25N7O5S/c1-13(12-32)26-21(25)20-22(33)28-37-23(20)27-15-5-7-17(19(10-15)31(35)36)24(34)30-9-8-14-4-6-16(29(2)3)11-18(14)30/h4-11,13,27,32H,12H2,1-3H3,(H2,25,26)(H,28,33). The number of nitro benzene ring substituents is 1. The van der Waals surface area contributed by atoms with Crippen LogP contribution in [0.2, 0.25) is 0 Å². The van der Waals surface area contributed by atoms with Crippen molar-refractivity contribution in [1.29, 1.82) is 5.41 Å². The van der Waals surface area contributed by atoms with Crippen molar-refractivity contribution in [3.63, 3.8) is 0 Å². The minimum Gasteiger partial charge on any atom is -0.492 e. The van der Waals surface area contributed by atoms with Crippen LogP contribution in [0.5, 0.6) is 5.88 Å². The number of hydrogen-bond donors (Lipinski definition) is 5. The number of anilines is 3. The third kappa shape index (κ3) is 5.08. The number of nitrogens with zero attached hydrogens (tertiary/aromatic N) is 4. The van der Waals surface area contributed by atoms with Gasteiger partial charge in [0.25, 0.3) is 11.6 Å². The number of rotatable bonds is 8. The molecule has 1 unspecified atom stereocenters. The maximum Gasteiger partial charge on any atom is 0.284 e. The zero-order valence-electron chi connectivity index (χ0n) is 20.2. The fourth-order valence-electron chi connectivity index (χ4n) is 3.73. The first-order chi connectivity index (χ1) is 17.6. The number of carbonyl (C=O) groups excluding carboxylic acids is 1. The van der Waals surface area contributed by atoms with Crippen molar-refractivity contribution in [3.05, 3.63) is 69.9 Å². The maximum absolute atomic E-state index is 13.4. The van der Waals surface area contributed by atoms with Crippen LogP contribution in [0.4, 0.5) is 22.1 Å². The van der Waals surface area contributed by atoms with Crippen molar-refractivity contribution >= 4 is 56.2 Å². The lowest BCUT2D eigenvalue weighted by atomic mass is 10.1. The average molecular weight is 524 g/mol. The zero-order chi connectivity index (χ0) is 26.9. The van der Waals surface area contributed by atoms with Gasteiger partial charge in [-0.3, -0.25) is 24.9 Å². The van der Waals surface area contributed by atoms with Crippen molar-refractivity contribution in [2.45, 2.75) is 13.0 Å². The van der Waals surface area contributed by atoms with E-state index in [0.29, 0.717) is 5.52 Å². The number of aromatic nitrogens is 2. The number of aromatic hydroxyl groups is 1. The average Bonchev–Trinajstić information content (AvgIpc) is 3.46. The molecule has 2 aromatic heterocycles. The molecule has 0 saturated heterocycles. The van der Waals surface area contributed by atoms with Crippen LogP contribution in [0.3, 0.4) is 0 Å². The SMILES string of the molecule is CC(CO)NC(=N)c1c(O)nsc1Nc1ccc(C(=O)n2ccc3ccc(N(C)C)cc32)c([N+](=O)[O-])c1. The molecule has 4 rings (SSSR count). The van der Waals surface area contributed by atoms with Crippen molar-refractivity contribution < 1.29 is 19.9 Å². The molecule has 0 aliphatic heterocycles. The summed E-state index contributed by atoms with van der Waals surface area (Å²) in [5.41, 5.74) is 1.33. The van der Waals surface area contributed by atoms with Crippen LogP contribution in [-0.2, 0) is 0 Å². The number of nitro groups is 1. The minimum atomic E-state index is -0.632. The lowest BCUT2D eigenvalue weighted by molar-refractivity contribution is -0.385. The molecule has 0 saturated carbocycles. The molecule has 0 aliphatic carbocycles. The van der Waals surface area contributed by atoms with E-state index in [1.165, 1.54) is 22.8 Å². The largest absolute Gasteiger partial charge is 0.492 e. The molecule has 13 heteroatoms. The highest BCUT2D eigenvalue weighted by Gasteiger charge is 2.25. The predicted octanol–water partition coefficient (Wildman–Crippen LogP) is 3.51. The summed E-state index contributed by atoms with van der Waals surface area (Å²) in [5, 5.41) is 46.2. The molecular weight excluding hydrogens is 498 g/mol. The molecule has 0 amide bonds. The quantitative estimate of drug-likeness (QED) is 0.100. The summed E-state index contributed by atoms with van der Waals surface area (Å²) < 4.78 is 5.23. The Morgan fingerprint density at radius 3 is 2.70 bits per heavy atom. The first-order valence-electron chi connectivity index (χ1n) is 11.1. The number of carbonyl (C=O) groups is 1. The van der Waals surface area contributed by atoms with Crippen molar-refractivity contribution in [2.75, 3.05) is 30.9 Å². The fraction of sp³-hybridized carbons (Fsp3) is 0.208. The Bertz CT molecular complexity index is 1510. The summed E-state index contributed by atoms with van der Waals surface area (Å²) in [5.74, 6) is -1.12. The van der Waals surface area contributed by atoms with Gasteiger partial charge >= 0.3 is 0 Å². The normalized spacial score (nSPS) is 11.8. The minimum absolute atomic E-state index is 0.0589. The van der Waals surface area contributed by atoms with E-state index in [0.717, 1.165) is 22.6 Å². The summed E-state index contributed by atoms with van der Waals surface area (Å²) in [6, 6.07) is 11.1. The highest BCUT2D eigenvalue weighted by Crippen LogP contribution is 2.34. The number of aliphatic hydroxyl groups excluding tert-OH is 1. The number of aliphatic hydroxyl groups is 1. The molecule has 12 nitrogen and oxygen atoms in total. The molecule has 4 aromatic rings. The Balaban J connectivity index is 1.68.